The van der Waals surface area contributed by atoms with Gasteiger partial charge in [0, 0.05) is 12.2 Å². The van der Waals surface area contributed by atoms with E-state index in [0.717, 1.165) is 0 Å². The van der Waals surface area contributed by atoms with Crippen LogP contribution in [0.5, 0.6) is 0 Å². The molecule has 1 rings (SSSR count). The Morgan fingerprint density at radius 3 is 3.00 bits per heavy atom. The van der Waals surface area contributed by atoms with Crippen molar-refractivity contribution in [3.63, 3.8) is 0 Å². The Morgan fingerprint density at radius 1 is 1.80 bits per heavy atom. The average molecular weight is 139 g/mol. The van der Waals surface area contributed by atoms with Gasteiger partial charge in [-0.15, -0.1) is 0 Å². The van der Waals surface area contributed by atoms with Crippen LogP contribution in [-0.2, 0) is 0 Å². The maximum absolute atomic E-state index is 11.0. The summed E-state index contributed by atoms with van der Waals surface area (Å²) in [4.78, 5) is 11.0. The van der Waals surface area contributed by atoms with Crippen LogP contribution >= 0.6 is 0 Å². The molecule has 0 bridgehead atoms. The molecule has 0 N–H and O–H groups in total. The number of rotatable bonds is 1. The van der Waals surface area contributed by atoms with Crippen LogP contribution in [0.4, 0.5) is 0 Å². The van der Waals surface area contributed by atoms with Crippen LogP contribution in [0, 0.1) is 0 Å². The average Bonchev–Trinajstić information content (AvgIpc) is 1.94. The summed E-state index contributed by atoms with van der Waals surface area (Å²) in [7, 11) is 0. The van der Waals surface area contributed by atoms with Crippen molar-refractivity contribution in [2.75, 3.05) is 0 Å². The second-order valence-electron chi connectivity index (χ2n) is 2.34. The highest BCUT2D eigenvalue weighted by Crippen LogP contribution is 1.93. The molecule has 0 aliphatic carbocycles. The lowest BCUT2D eigenvalue weighted by Gasteiger charge is -2.04. The molecule has 0 aromatic carbocycles. The van der Waals surface area contributed by atoms with Gasteiger partial charge in [-0.1, -0.05) is 0 Å². The van der Waals surface area contributed by atoms with Gasteiger partial charge in [-0.3, -0.25) is 4.79 Å². The van der Waals surface area contributed by atoms with Crippen molar-refractivity contribution in [3.05, 3.63) is 28.7 Å². The third kappa shape index (κ3) is 1.23. The van der Waals surface area contributed by atoms with Crippen molar-refractivity contribution >= 4 is 0 Å². The van der Waals surface area contributed by atoms with E-state index in [1.54, 1.807) is 0 Å². The molecule has 1 aromatic rings. The molecule has 10 heavy (non-hydrogen) atoms. The summed E-state index contributed by atoms with van der Waals surface area (Å²) < 4.78 is 8.45. The molecule has 0 radical (unpaired) electrons. The van der Waals surface area contributed by atoms with Crippen molar-refractivity contribution in [2.45, 2.75) is 19.9 Å². The molecule has 1 aromatic heterocycles. The molecule has 0 spiro atoms. The highest BCUT2D eigenvalue weighted by Gasteiger charge is 1.97. The quantitative estimate of drug-likeness (QED) is 0.577. The van der Waals surface area contributed by atoms with E-state index in [-0.39, 0.29) is 17.8 Å². The molecular formula is C7H10N2O. The lowest BCUT2D eigenvalue weighted by atomic mass is 10.4. The molecule has 3 nitrogen and oxygen atoms in total. The molecule has 3 heteroatoms. The van der Waals surface area contributed by atoms with Gasteiger partial charge in [0.2, 0.25) is 0 Å². The maximum atomic E-state index is 11.0. The number of hydrogen-bond acceptors (Lipinski definition) is 2. The van der Waals surface area contributed by atoms with Gasteiger partial charge in [0.25, 0.3) is 5.56 Å². The van der Waals surface area contributed by atoms with E-state index in [1.807, 2.05) is 13.8 Å². The molecule has 0 fully saturated rings. The minimum absolute atomic E-state index is 0.0211. The van der Waals surface area contributed by atoms with Gasteiger partial charge >= 0.3 is 0 Å². The number of hydrogen-bond donors (Lipinski definition) is 0. The van der Waals surface area contributed by atoms with E-state index in [2.05, 4.69) is 5.10 Å². The largest absolute Gasteiger partial charge is 0.268 e. The number of aromatic nitrogens is 2. The molecule has 54 valence electrons. The third-order valence-corrected chi connectivity index (χ3v) is 1.18. The molecule has 0 unspecified atom stereocenters. The maximum Gasteiger partial charge on any atom is 0.266 e. The summed E-state index contributed by atoms with van der Waals surface area (Å²) >= 11 is 0. The van der Waals surface area contributed by atoms with Gasteiger partial charge < -0.3 is 0 Å². The van der Waals surface area contributed by atoms with E-state index < -0.39 is 0 Å². The highest BCUT2D eigenvalue weighted by molar-refractivity contribution is 4.85. The topological polar surface area (TPSA) is 34.9 Å². The van der Waals surface area contributed by atoms with Gasteiger partial charge in [0.1, 0.15) is 0 Å². The summed E-state index contributed by atoms with van der Waals surface area (Å²) in [5, 5.41) is 3.74. The molecule has 0 saturated carbocycles. The van der Waals surface area contributed by atoms with Crippen LogP contribution in [0.3, 0.4) is 0 Å². The summed E-state index contributed by atoms with van der Waals surface area (Å²) in [5.41, 5.74) is -0.156. The van der Waals surface area contributed by atoms with Crippen LogP contribution in [0.2, 0.25) is 0 Å². The summed E-state index contributed by atoms with van der Waals surface area (Å²) in [5.74, 6) is 0. The Bertz CT molecular complexity index is 306. The van der Waals surface area contributed by atoms with Crippen molar-refractivity contribution in [1.82, 2.24) is 9.78 Å². The van der Waals surface area contributed by atoms with E-state index >= 15 is 0 Å². The Balaban J connectivity index is 3.24. The van der Waals surface area contributed by atoms with Crippen molar-refractivity contribution in [2.24, 2.45) is 0 Å². The minimum Gasteiger partial charge on any atom is -0.268 e. The molecule has 0 saturated heterocycles. The van der Waals surface area contributed by atoms with E-state index in [1.165, 1.54) is 16.8 Å². The first-order valence-electron chi connectivity index (χ1n) is 3.67. The zero-order chi connectivity index (χ0) is 8.43. The lowest BCUT2D eigenvalue weighted by Crippen LogP contribution is -2.22. The van der Waals surface area contributed by atoms with Gasteiger partial charge in [-0.25, -0.2) is 4.68 Å². The van der Waals surface area contributed by atoms with Gasteiger partial charge in [0.15, 0.2) is 0 Å². The van der Waals surface area contributed by atoms with Gasteiger partial charge in [-0.2, -0.15) is 5.10 Å². The first-order valence-corrected chi connectivity index (χ1v) is 3.17. The van der Waals surface area contributed by atoms with E-state index in [4.69, 9.17) is 1.37 Å². The lowest BCUT2D eigenvalue weighted by molar-refractivity contribution is 0.502. The molecule has 0 aliphatic rings. The van der Waals surface area contributed by atoms with Crippen molar-refractivity contribution in [1.29, 1.82) is 0 Å². The van der Waals surface area contributed by atoms with Crippen LogP contribution in [0.25, 0.3) is 0 Å². The Kier molecular flexibility index (Phi) is 1.49. The molecular weight excluding hydrogens is 128 g/mol. The Morgan fingerprint density at radius 2 is 2.50 bits per heavy atom. The minimum atomic E-state index is -0.156. The number of nitrogens with zero attached hydrogens (tertiary/aromatic N) is 2. The SMILES string of the molecule is [2H]c1ccc(=O)n(C(C)C)n1. The monoisotopic (exact) mass is 139 g/mol. The molecule has 1 heterocycles. The fraction of sp³-hybridized carbons (Fsp3) is 0.429. The van der Waals surface area contributed by atoms with E-state index in [9.17, 15) is 4.79 Å². The summed E-state index contributed by atoms with van der Waals surface area (Å²) in [6, 6.07) is 2.77. The zero-order valence-corrected chi connectivity index (χ0v) is 6.03. The van der Waals surface area contributed by atoms with E-state index in [0.29, 0.717) is 0 Å². The van der Waals surface area contributed by atoms with Crippen LogP contribution in [0.1, 0.15) is 21.3 Å². The van der Waals surface area contributed by atoms with Crippen LogP contribution in [-0.4, -0.2) is 9.78 Å². The highest BCUT2D eigenvalue weighted by atomic mass is 16.1. The van der Waals surface area contributed by atoms with Gasteiger partial charge in [0.05, 0.1) is 7.41 Å². The fourth-order valence-electron chi connectivity index (χ4n) is 0.700. The second kappa shape index (κ2) is 2.64. The first-order chi connectivity index (χ1) is 5.11. The predicted octanol–water partition coefficient (Wildman–Crippen LogP) is 0.824. The molecule has 0 aliphatic heterocycles. The predicted molar refractivity (Wildman–Crippen MR) is 38.9 cm³/mol. The standard InChI is InChI=1S/C7H10N2O/c1-6(2)9-7(10)4-3-5-8-9/h3-6H,1-2H3/i5D. The van der Waals surface area contributed by atoms with Crippen LogP contribution < -0.4 is 5.56 Å². The van der Waals surface area contributed by atoms with Crippen LogP contribution in [0.15, 0.2) is 23.1 Å². The van der Waals surface area contributed by atoms with Gasteiger partial charge in [-0.05, 0) is 19.9 Å². The molecule has 0 atom stereocenters. The van der Waals surface area contributed by atoms with Crippen molar-refractivity contribution in [3.8, 4) is 0 Å². The summed E-state index contributed by atoms with van der Waals surface area (Å²) in [6.45, 7) is 3.71. The van der Waals surface area contributed by atoms with Crippen molar-refractivity contribution < 1.29 is 1.37 Å². The zero-order valence-electron chi connectivity index (χ0n) is 7.03. The molecule has 0 amide bonds. The summed E-state index contributed by atoms with van der Waals surface area (Å²) in [6.07, 6.45) is 0.123. The third-order valence-electron chi connectivity index (χ3n) is 1.18. The second-order valence-corrected chi connectivity index (χ2v) is 2.34. The normalized spacial score (nSPS) is 11.7. The smallest absolute Gasteiger partial charge is 0.266 e. The Labute approximate surface area is 60.7 Å². The Hall–Kier alpha value is -1.12. The first kappa shape index (κ1) is 5.65. The fourth-order valence-corrected chi connectivity index (χ4v) is 0.700.